The van der Waals surface area contributed by atoms with Gasteiger partial charge in [-0.2, -0.15) is 0 Å². The van der Waals surface area contributed by atoms with Crippen molar-refractivity contribution in [3.05, 3.63) is 71.4 Å². The molecule has 0 spiro atoms. The van der Waals surface area contributed by atoms with Crippen LogP contribution in [0.5, 0.6) is 0 Å². The third kappa shape index (κ3) is 3.72. The molecule has 4 unspecified atom stereocenters. The van der Waals surface area contributed by atoms with E-state index in [1.165, 1.54) is 29.3 Å². The Bertz CT molecular complexity index is 1080. The first-order valence-corrected chi connectivity index (χ1v) is 11.4. The lowest BCUT2D eigenvalue weighted by molar-refractivity contribution is -0.152. The minimum atomic E-state index is -0.304. The van der Waals surface area contributed by atoms with Gasteiger partial charge in [-0.15, -0.1) is 0 Å². The molecule has 0 radical (unpaired) electrons. The summed E-state index contributed by atoms with van der Waals surface area (Å²) in [7, 11) is 3.23. The van der Waals surface area contributed by atoms with Crippen LogP contribution in [-0.2, 0) is 20.7 Å². The standard InChI is InChI=1S/C26H31N3O3/c1-31-13-12-27-18-14-22(17-8-4-3-5-9-17)29-23(15-18)25-20(16-24(29)26(30)32-2)19-10-6-7-11-21(19)28-25/h3-11,18,22-24,27-28H,12-16H2,1-2H3. The number of benzene rings is 2. The number of ether oxygens (including phenoxy) is 2. The lowest BCUT2D eigenvalue weighted by Crippen LogP contribution is -2.55. The second-order valence-corrected chi connectivity index (χ2v) is 8.81. The maximum Gasteiger partial charge on any atom is 0.323 e. The van der Waals surface area contributed by atoms with E-state index in [1.807, 2.05) is 6.07 Å². The van der Waals surface area contributed by atoms with Crippen LogP contribution in [0.15, 0.2) is 54.6 Å². The average molecular weight is 434 g/mol. The Kier molecular flexibility index (Phi) is 6.00. The molecule has 6 nitrogen and oxygen atoms in total. The summed E-state index contributed by atoms with van der Waals surface area (Å²) in [6.45, 7) is 1.50. The lowest BCUT2D eigenvalue weighted by atomic mass is 9.79. The van der Waals surface area contributed by atoms with E-state index in [0.717, 1.165) is 24.9 Å². The van der Waals surface area contributed by atoms with Crippen LogP contribution in [0.1, 0.15) is 41.7 Å². The minimum absolute atomic E-state index is 0.106. The van der Waals surface area contributed by atoms with E-state index < -0.39 is 0 Å². The average Bonchev–Trinajstić information content (AvgIpc) is 3.22. The van der Waals surface area contributed by atoms with Crippen molar-refractivity contribution < 1.29 is 14.3 Å². The maximum atomic E-state index is 13.1. The zero-order valence-electron chi connectivity index (χ0n) is 18.7. The van der Waals surface area contributed by atoms with Gasteiger partial charge in [0.15, 0.2) is 0 Å². The molecule has 2 aliphatic heterocycles. The van der Waals surface area contributed by atoms with E-state index in [-0.39, 0.29) is 24.1 Å². The fourth-order valence-corrected chi connectivity index (χ4v) is 5.68. The van der Waals surface area contributed by atoms with Gasteiger partial charge in [-0.3, -0.25) is 9.69 Å². The number of esters is 1. The summed E-state index contributed by atoms with van der Waals surface area (Å²) < 4.78 is 10.6. The molecule has 1 fully saturated rings. The van der Waals surface area contributed by atoms with E-state index in [9.17, 15) is 4.79 Å². The Morgan fingerprint density at radius 2 is 1.81 bits per heavy atom. The highest BCUT2D eigenvalue weighted by Gasteiger charge is 2.48. The smallest absolute Gasteiger partial charge is 0.323 e. The molecular weight excluding hydrogens is 402 g/mol. The molecule has 1 aromatic heterocycles. The number of hydrogen-bond donors (Lipinski definition) is 2. The number of hydrogen-bond acceptors (Lipinski definition) is 5. The van der Waals surface area contributed by atoms with Crippen LogP contribution >= 0.6 is 0 Å². The number of aromatic amines is 1. The number of carbonyl (C=O) groups is 1. The summed E-state index contributed by atoms with van der Waals surface area (Å²) in [4.78, 5) is 19.2. The number of aromatic nitrogens is 1. The number of piperidine rings is 1. The molecule has 0 aliphatic carbocycles. The van der Waals surface area contributed by atoms with E-state index in [2.05, 4.69) is 63.7 Å². The van der Waals surface area contributed by atoms with Gasteiger partial charge in [0.25, 0.3) is 0 Å². The summed E-state index contributed by atoms with van der Waals surface area (Å²) in [5.74, 6) is -0.155. The number of carbonyl (C=O) groups excluding carboxylic acids is 1. The second kappa shape index (κ2) is 9.06. The molecule has 0 saturated carbocycles. The van der Waals surface area contributed by atoms with E-state index in [4.69, 9.17) is 9.47 Å². The first kappa shape index (κ1) is 21.2. The van der Waals surface area contributed by atoms with Crippen molar-refractivity contribution in [1.82, 2.24) is 15.2 Å². The molecule has 2 aromatic carbocycles. The van der Waals surface area contributed by atoms with Crippen LogP contribution < -0.4 is 5.32 Å². The third-order valence-electron chi connectivity index (χ3n) is 7.07. The number of nitrogens with zero attached hydrogens (tertiary/aromatic N) is 1. The Morgan fingerprint density at radius 1 is 1.06 bits per heavy atom. The van der Waals surface area contributed by atoms with Gasteiger partial charge in [-0.25, -0.2) is 0 Å². The van der Waals surface area contributed by atoms with Crippen LogP contribution in [0, 0.1) is 0 Å². The Labute approximate surface area is 188 Å². The number of H-pyrrole nitrogens is 1. The van der Waals surface area contributed by atoms with Gasteiger partial charge < -0.3 is 19.8 Å². The first-order valence-electron chi connectivity index (χ1n) is 11.4. The zero-order chi connectivity index (χ0) is 22.1. The molecule has 4 atom stereocenters. The zero-order valence-corrected chi connectivity index (χ0v) is 18.7. The Balaban J connectivity index is 1.61. The maximum absolute atomic E-state index is 13.1. The van der Waals surface area contributed by atoms with Crippen LogP contribution in [0.3, 0.4) is 0 Å². The molecule has 1 saturated heterocycles. The van der Waals surface area contributed by atoms with Crippen LogP contribution in [-0.4, -0.2) is 55.3 Å². The number of fused-ring (bicyclic) bond motifs is 5. The quantitative estimate of drug-likeness (QED) is 0.458. The van der Waals surface area contributed by atoms with Gasteiger partial charge in [-0.1, -0.05) is 48.5 Å². The second-order valence-electron chi connectivity index (χ2n) is 8.81. The molecule has 5 rings (SSSR count). The summed E-state index contributed by atoms with van der Waals surface area (Å²) >= 11 is 0. The van der Waals surface area contributed by atoms with Crippen LogP contribution in [0.4, 0.5) is 0 Å². The van der Waals surface area contributed by atoms with Gasteiger partial charge in [0.2, 0.25) is 0 Å². The van der Waals surface area contributed by atoms with Crippen molar-refractivity contribution in [3.8, 4) is 0 Å². The van der Waals surface area contributed by atoms with Gasteiger partial charge >= 0.3 is 5.97 Å². The molecule has 6 heteroatoms. The molecule has 168 valence electrons. The predicted molar refractivity (Wildman–Crippen MR) is 124 cm³/mol. The normalized spacial score (nSPS) is 25.3. The number of methoxy groups -OCH3 is 2. The molecule has 2 N–H and O–H groups in total. The highest BCUT2D eigenvalue weighted by atomic mass is 16.5. The summed E-state index contributed by atoms with van der Waals surface area (Å²) in [6, 6.07) is 19.2. The first-order chi connectivity index (χ1) is 15.7. The Hall–Kier alpha value is -2.67. The van der Waals surface area contributed by atoms with Crippen LogP contribution in [0.25, 0.3) is 10.9 Å². The number of rotatable bonds is 6. The largest absolute Gasteiger partial charge is 0.468 e. The van der Waals surface area contributed by atoms with Crippen molar-refractivity contribution in [3.63, 3.8) is 0 Å². The monoisotopic (exact) mass is 433 g/mol. The van der Waals surface area contributed by atoms with E-state index in [1.54, 1.807) is 7.11 Å². The fourth-order valence-electron chi connectivity index (χ4n) is 5.68. The molecule has 0 bridgehead atoms. The summed E-state index contributed by atoms with van der Waals surface area (Å²) in [5, 5.41) is 4.91. The van der Waals surface area contributed by atoms with Crippen molar-refractivity contribution in [2.45, 2.75) is 43.4 Å². The lowest BCUT2D eigenvalue weighted by Gasteiger charge is -2.50. The molecule has 2 aliphatic rings. The third-order valence-corrected chi connectivity index (χ3v) is 7.07. The van der Waals surface area contributed by atoms with E-state index >= 15 is 0 Å². The van der Waals surface area contributed by atoms with Crippen molar-refractivity contribution in [2.24, 2.45) is 0 Å². The van der Waals surface area contributed by atoms with Crippen molar-refractivity contribution in [1.29, 1.82) is 0 Å². The SMILES string of the molecule is COCCNC1CC(c2ccccc2)N2C(C(=O)OC)Cc3c([nH]c4ccccc34)C2C1. The van der Waals surface area contributed by atoms with Crippen molar-refractivity contribution in [2.75, 3.05) is 27.4 Å². The Morgan fingerprint density at radius 3 is 2.59 bits per heavy atom. The number of nitrogens with one attached hydrogen (secondary N) is 2. The van der Waals surface area contributed by atoms with Crippen molar-refractivity contribution >= 4 is 16.9 Å². The molecular formula is C26H31N3O3. The van der Waals surface area contributed by atoms with Crippen LogP contribution in [0.2, 0.25) is 0 Å². The molecule has 3 heterocycles. The minimum Gasteiger partial charge on any atom is -0.468 e. The van der Waals surface area contributed by atoms with E-state index in [0.29, 0.717) is 19.1 Å². The predicted octanol–water partition coefficient (Wildman–Crippen LogP) is 3.75. The highest BCUT2D eigenvalue weighted by Crippen LogP contribution is 2.48. The molecule has 0 amide bonds. The summed E-state index contributed by atoms with van der Waals surface area (Å²) in [6.07, 6.45) is 2.53. The molecule has 32 heavy (non-hydrogen) atoms. The van der Waals surface area contributed by atoms with Gasteiger partial charge in [0.1, 0.15) is 6.04 Å². The van der Waals surface area contributed by atoms with Gasteiger partial charge in [0, 0.05) is 48.8 Å². The highest BCUT2D eigenvalue weighted by molar-refractivity contribution is 5.87. The number of para-hydroxylation sites is 1. The fraction of sp³-hybridized carbons (Fsp3) is 0.423. The summed E-state index contributed by atoms with van der Waals surface area (Å²) in [5.41, 5.74) is 4.87. The molecule has 3 aromatic rings. The van der Waals surface area contributed by atoms with Gasteiger partial charge in [0.05, 0.1) is 19.8 Å². The topological polar surface area (TPSA) is 66.6 Å². The van der Waals surface area contributed by atoms with Gasteiger partial charge in [-0.05, 0) is 30.0 Å².